The molecule has 1 aliphatic carbocycles. The summed E-state index contributed by atoms with van der Waals surface area (Å²) in [5, 5.41) is 14.5. The van der Waals surface area contributed by atoms with Crippen LogP contribution in [0.4, 0.5) is 5.69 Å². The van der Waals surface area contributed by atoms with Gasteiger partial charge >= 0.3 is 0 Å². The molecule has 0 spiro atoms. The van der Waals surface area contributed by atoms with E-state index < -0.39 is 0 Å². The van der Waals surface area contributed by atoms with Crippen molar-refractivity contribution in [2.24, 2.45) is 11.8 Å². The predicted molar refractivity (Wildman–Crippen MR) is 85.2 cm³/mol. The third kappa shape index (κ3) is 4.03. The minimum Gasteiger partial charge on any atom is -0.307 e. The second-order valence-corrected chi connectivity index (χ2v) is 6.54. The molecule has 21 heavy (non-hydrogen) atoms. The first kappa shape index (κ1) is 16.0. The summed E-state index contributed by atoms with van der Waals surface area (Å²) in [5.74, 6) is 1.44. The molecule has 1 aromatic carbocycles. The van der Waals surface area contributed by atoms with Crippen molar-refractivity contribution in [1.29, 1.82) is 0 Å². The van der Waals surface area contributed by atoms with Crippen molar-refractivity contribution in [3.8, 4) is 0 Å². The Bertz CT molecular complexity index is 470. The zero-order valence-electron chi connectivity index (χ0n) is 13.2. The fourth-order valence-electron chi connectivity index (χ4n) is 3.47. The number of hydrogen-bond acceptors (Lipinski definition) is 3. The van der Waals surface area contributed by atoms with E-state index in [1.165, 1.54) is 25.7 Å². The summed E-state index contributed by atoms with van der Waals surface area (Å²) in [5.41, 5.74) is 1.28. The van der Waals surface area contributed by atoms with Crippen molar-refractivity contribution in [2.45, 2.75) is 58.5 Å². The van der Waals surface area contributed by atoms with Gasteiger partial charge in [-0.1, -0.05) is 38.8 Å². The van der Waals surface area contributed by atoms with Crippen LogP contribution in [0.1, 0.15) is 58.1 Å². The number of hydrogen-bond donors (Lipinski definition) is 1. The molecule has 1 aliphatic rings. The van der Waals surface area contributed by atoms with Crippen molar-refractivity contribution in [3.05, 3.63) is 39.9 Å². The molecule has 0 amide bonds. The van der Waals surface area contributed by atoms with E-state index in [9.17, 15) is 10.1 Å². The first-order valence-corrected chi connectivity index (χ1v) is 7.99. The maximum Gasteiger partial charge on any atom is 0.269 e. The van der Waals surface area contributed by atoms with Gasteiger partial charge in [-0.3, -0.25) is 10.1 Å². The molecule has 116 valence electrons. The SMILES string of the molecule is CC(NC1CCCCC1C(C)C)c1ccc([N+](=O)[O-])cc1. The van der Waals surface area contributed by atoms with Gasteiger partial charge in [0.05, 0.1) is 4.92 Å². The predicted octanol–water partition coefficient (Wildman–Crippen LogP) is 4.46. The van der Waals surface area contributed by atoms with E-state index in [0.29, 0.717) is 12.0 Å². The Hall–Kier alpha value is -1.42. The Labute approximate surface area is 127 Å². The maximum absolute atomic E-state index is 10.7. The lowest BCUT2D eigenvalue weighted by Crippen LogP contribution is -2.42. The Balaban J connectivity index is 2.02. The van der Waals surface area contributed by atoms with E-state index in [-0.39, 0.29) is 16.7 Å². The van der Waals surface area contributed by atoms with Gasteiger partial charge in [-0.05, 0) is 37.2 Å². The van der Waals surface area contributed by atoms with Gasteiger partial charge in [0.1, 0.15) is 0 Å². The molecule has 0 saturated heterocycles. The molecule has 1 saturated carbocycles. The number of rotatable bonds is 5. The number of nitro benzene ring substituents is 1. The fourth-order valence-corrected chi connectivity index (χ4v) is 3.47. The minimum absolute atomic E-state index is 0.156. The molecule has 1 fully saturated rings. The average molecular weight is 290 g/mol. The molecule has 4 nitrogen and oxygen atoms in total. The lowest BCUT2D eigenvalue weighted by Gasteiger charge is -2.37. The van der Waals surface area contributed by atoms with Gasteiger partial charge in [-0.25, -0.2) is 0 Å². The third-order valence-electron chi connectivity index (χ3n) is 4.74. The molecule has 3 unspecified atom stereocenters. The lowest BCUT2D eigenvalue weighted by atomic mass is 9.77. The van der Waals surface area contributed by atoms with E-state index in [1.807, 2.05) is 12.1 Å². The zero-order chi connectivity index (χ0) is 15.4. The third-order valence-corrected chi connectivity index (χ3v) is 4.74. The van der Waals surface area contributed by atoms with Gasteiger partial charge in [0.25, 0.3) is 5.69 Å². The highest BCUT2D eigenvalue weighted by Crippen LogP contribution is 2.31. The Kier molecular flexibility index (Phi) is 5.34. The summed E-state index contributed by atoms with van der Waals surface area (Å²) in [6.07, 6.45) is 5.18. The Morgan fingerprint density at radius 3 is 2.33 bits per heavy atom. The van der Waals surface area contributed by atoms with Crippen LogP contribution < -0.4 is 5.32 Å². The number of nitro groups is 1. The molecule has 0 heterocycles. The summed E-state index contributed by atoms with van der Waals surface area (Å²) in [4.78, 5) is 10.4. The van der Waals surface area contributed by atoms with Crippen molar-refractivity contribution < 1.29 is 4.92 Å². The van der Waals surface area contributed by atoms with Crippen molar-refractivity contribution in [3.63, 3.8) is 0 Å². The second kappa shape index (κ2) is 7.03. The summed E-state index contributed by atoms with van der Waals surface area (Å²) < 4.78 is 0. The first-order valence-electron chi connectivity index (χ1n) is 7.99. The molecule has 1 N–H and O–H groups in total. The largest absolute Gasteiger partial charge is 0.307 e. The fraction of sp³-hybridized carbons (Fsp3) is 0.647. The molecule has 4 heteroatoms. The van der Waals surface area contributed by atoms with Crippen LogP contribution in [0.15, 0.2) is 24.3 Å². The molecule has 0 aromatic heterocycles. The monoisotopic (exact) mass is 290 g/mol. The quantitative estimate of drug-likeness (QED) is 0.643. The van der Waals surface area contributed by atoms with Crippen molar-refractivity contribution >= 4 is 5.69 Å². The summed E-state index contributed by atoms with van der Waals surface area (Å²) in [6.45, 7) is 6.76. The first-order chi connectivity index (χ1) is 9.99. The molecular weight excluding hydrogens is 264 g/mol. The normalized spacial score (nSPS) is 24.0. The minimum atomic E-state index is -0.349. The van der Waals surface area contributed by atoms with E-state index >= 15 is 0 Å². The topological polar surface area (TPSA) is 55.2 Å². The van der Waals surface area contributed by atoms with Crippen LogP contribution in [-0.2, 0) is 0 Å². The van der Waals surface area contributed by atoms with Crippen LogP contribution in [0.25, 0.3) is 0 Å². The molecule has 3 atom stereocenters. The van der Waals surface area contributed by atoms with E-state index in [1.54, 1.807) is 12.1 Å². The van der Waals surface area contributed by atoms with Gasteiger partial charge in [0, 0.05) is 24.2 Å². The molecule has 0 radical (unpaired) electrons. The number of nitrogens with zero attached hydrogens (tertiary/aromatic N) is 1. The van der Waals surface area contributed by atoms with E-state index in [2.05, 4.69) is 26.1 Å². The van der Waals surface area contributed by atoms with Gasteiger partial charge in [0.15, 0.2) is 0 Å². The van der Waals surface area contributed by atoms with Crippen LogP contribution in [0.2, 0.25) is 0 Å². The number of benzene rings is 1. The standard InChI is InChI=1S/C17H26N2O2/c1-12(2)16-6-4-5-7-17(16)18-13(3)14-8-10-15(11-9-14)19(20)21/h8-13,16-18H,4-7H2,1-3H3. The van der Waals surface area contributed by atoms with Crippen LogP contribution in [-0.4, -0.2) is 11.0 Å². The molecule has 0 aliphatic heterocycles. The number of non-ortho nitro benzene ring substituents is 1. The highest BCUT2D eigenvalue weighted by molar-refractivity contribution is 5.34. The van der Waals surface area contributed by atoms with Gasteiger partial charge < -0.3 is 5.32 Å². The van der Waals surface area contributed by atoms with Crippen LogP contribution in [0.5, 0.6) is 0 Å². The van der Waals surface area contributed by atoms with Gasteiger partial charge in [-0.15, -0.1) is 0 Å². The maximum atomic E-state index is 10.7. The van der Waals surface area contributed by atoms with Crippen LogP contribution in [0.3, 0.4) is 0 Å². The van der Waals surface area contributed by atoms with E-state index in [4.69, 9.17) is 0 Å². The van der Waals surface area contributed by atoms with Crippen LogP contribution >= 0.6 is 0 Å². The van der Waals surface area contributed by atoms with Crippen molar-refractivity contribution in [1.82, 2.24) is 5.32 Å². The van der Waals surface area contributed by atoms with Gasteiger partial charge in [-0.2, -0.15) is 0 Å². The van der Waals surface area contributed by atoms with Crippen LogP contribution in [0, 0.1) is 22.0 Å². The molecule has 1 aromatic rings. The summed E-state index contributed by atoms with van der Waals surface area (Å²) in [6, 6.07) is 7.70. The van der Waals surface area contributed by atoms with E-state index in [0.717, 1.165) is 11.5 Å². The molecule has 0 bridgehead atoms. The summed E-state index contributed by atoms with van der Waals surface area (Å²) in [7, 11) is 0. The summed E-state index contributed by atoms with van der Waals surface area (Å²) >= 11 is 0. The molecule has 2 rings (SSSR count). The average Bonchev–Trinajstić information content (AvgIpc) is 2.47. The number of nitrogens with one attached hydrogen (secondary N) is 1. The molecular formula is C17H26N2O2. The Morgan fingerprint density at radius 2 is 1.76 bits per heavy atom. The smallest absolute Gasteiger partial charge is 0.269 e. The van der Waals surface area contributed by atoms with Crippen molar-refractivity contribution in [2.75, 3.05) is 0 Å². The highest BCUT2D eigenvalue weighted by atomic mass is 16.6. The highest BCUT2D eigenvalue weighted by Gasteiger charge is 2.28. The lowest BCUT2D eigenvalue weighted by molar-refractivity contribution is -0.384. The second-order valence-electron chi connectivity index (χ2n) is 6.54. The Morgan fingerprint density at radius 1 is 1.14 bits per heavy atom. The van der Waals surface area contributed by atoms with Gasteiger partial charge in [0.2, 0.25) is 0 Å². The zero-order valence-corrected chi connectivity index (χ0v) is 13.2.